The van der Waals surface area contributed by atoms with E-state index in [1.54, 1.807) is 18.7 Å². The van der Waals surface area contributed by atoms with Crippen LogP contribution in [0.1, 0.15) is 26.2 Å². The smallest absolute Gasteiger partial charge is 0.230 e. The zero-order valence-electron chi connectivity index (χ0n) is 14.0. The minimum absolute atomic E-state index is 0.0792. The van der Waals surface area contributed by atoms with Crippen LogP contribution < -0.4 is 4.90 Å². The Morgan fingerprint density at radius 2 is 1.92 bits per heavy atom. The number of rotatable bonds is 3. The monoisotopic (exact) mass is 368 g/mol. The highest BCUT2D eigenvalue weighted by Gasteiger charge is 2.33. The van der Waals surface area contributed by atoms with Crippen LogP contribution in [0.15, 0.2) is 29.2 Å². The van der Waals surface area contributed by atoms with E-state index in [4.69, 9.17) is 0 Å². The van der Waals surface area contributed by atoms with Gasteiger partial charge in [-0.1, -0.05) is 12.1 Å². The predicted octanol–water partition coefficient (Wildman–Crippen LogP) is 2.58. The zero-order valence-corrected chi connectivity index (χ0v) is 15.6. The number of carbonyl (C=O) groups excluding carboxylic acids is 1. The van der Waals surface area contributed by atoms with Crippen molar-refractivity contribution in [1.29, 1.82) is 0 Å². The molecule has 3 rings (SSSR count). The SMILES string of the molecule is CCS(=O)(=O)N1CCC(C(=O)N2CCCSc3ccccc32)CC1. The van der Waals surface area contributed by atoms with Crippen molar-refractivity contribution in [3.8, 4) is 0 Å². The molecule has 1 saturated heterocycles. The lowest BCUT2D eigenvalue weighted by molar-refractivity contribution is -0.123. The maximum Gasteiger partial charge on any atom is 0.230 e. The molecule has 1 fully saturated rings. The van der Waals surface area contributed by atoms with Crippen molar-refractivity contribution in [2.75, 3.05) is 36.0 Å². The number of thioether (sulfide) groups is 1. The molecule has 2 aliphatic rings. The molecule has 0 spiro atoms. The summed E-state index contributed by atoms with van der Waals surface area (Å²) in [5.41, 5.74) is 1.01. The van der Waals surface area contributed by atoms with Gasteiger partial charge in [-0.3, -0.25) is 4.79 Å². The Balaban J connectivity index is 1.72. The summed E-state index contributed by atoms with van der Waals surface area (Å²) in [6.07, 6.45) is 2.21. The van der Waals surface area contributed by atoms with Crippen LogP contribution in [-0.2, 0) is 14.8 Å². The van der Waals surface area contributed by atoms with E-state index >= 15 is 0 Å². The van der Waals surface area contributed by atoms with Crippen LogP contribution in [0.4, 0.5) is 5.69 Å². The normalized spacial score (nSPS) is 20.5. The van der Waals surface area contributed by atoms with E-state index in [2.05, 4.69) is 6.07 Å². The number of para-hydroxylation sites is 1. The summed E-state index contributed by atoms with van der Waals surface area (Å²) in [6.45, 7) is 3.32. The van der Waals surface area contributed by atoms with E-state index in [1.165, 1.54) is 4.31 Å². The van der Waals surface area contributed by atoms with Crippen LogP contribution in [0.3, 0.4) is 0 Å². The first-order valence-electron chi connectivity index (χ1n) is 8.54. The third-order valence-corrected chi connectivity index (χ3v) is 7.80. The molecule has 0 unspecified atom stereocenters. The van der Waals surface area contributed by atoms with Gasteiger partial charge in [0.1, 0.15) is 0 Å². The molecule has 0 radical (unpaired) electrons. The van der Waals surface area contributed by atoms with E-state index in [9.17, 15) is 13.2 Å². The average Bonchev–Trinajstić information content (AvgIpc) is 2.83. The highest BCUT2D eigenvalue weighted by atomic mass is 32.2. The van der Waals surface area contributed by atoms with Gasteiger partial charge in [0.15, 0.2) is 0 Å². The molecule has 2 heterocycles. The highest BCUT2D eigenvalue weighted by Crippen LogP contribution is 2.35. The molecule has 2 aliphatic heterocycles. The summed E-state index contributed by atoms with van der Waals surface area (Å²) >= 11 is 1.80. The van der Waals surface area contributed by atoms with E-state index in [0.29, 0.717) is 25.9 Å². The van der Waals surface area contributed by atoms with Gasteiger partial charge in [-0.05, 0) is 44.1 Å². The molecule has 132 valence electrons. The molecule has 7 heteroatoms. The summed E-state index contributed by atoms with van der Waals surface area (Å²) in [5, 5.41) is 0. The molecule has 0 aliphatic carbocycles. The lowest BCUT2D eigenvalue weighted by atomic mass is 9.96. The molecule has 0 N–H and O–H groups in total. The molecule has 1 aromatic rings. The number of hydrogen-bond acceptors (Lipinski definition) is 4. The number of fused-ring (bicyclic) bond motifs is 1. The Bertz CT molecular complexity index is 698. The predicted molar refractivity (Wildman–Crippen MR) is 97.9 cm³/mol. The first-order valence-corrected chi connectivity index (χ1v) is 11.1. The number of nitrogens with zero attached hydrogens (tertiary/aromatic N) is 2. The molecule has 0 bridgehead atoms. The number of carbonyl (C=O) groups is 1. The lowest BCUT2D eigenvalue weighted by Gasteiger charge is -2.33. The summed E-state index contributed by atoms with van der Waals surface area (Å²) in [5.74, 6) is 1.22. The summed E-state index contributed by atoms with van der Waals surface area (Å²) < 4.78 is 25.5. The second-order valence-corrected chi connectivity index (χ2v) is 9.63. The third kappa shape index (κ3) is 3.63. The molecular formula is C17H24N2O3S2. The van der Waals surface area contributed by atoms with Gasteiger partial charge in [0.05, 0.1) is 11.4 Å². The number of piperidine rings is 1. The van der Waals surface area contributed by atoms with Gasteiger partial charge >= 0.3 is 0 Å². The van der Waals surface area contributed by atoms with Crippen LogP contribution in [0.2, 0.25) is 0 Å². The van der Waals surface area contributed by atoms with Gasteiger partial charge in [-0.15, -0.1) is 11.8 Å². The fraction of sp³-hybridized carbons (Fsp3) is 0.588. The van der Waals surface area contributed by atoms with Crippen LogP contribution >= 0.6 is 11.8 Å². The van der Waals surface area contributed by atoms with Crippen LogP contribution in [0.25, 0.3) is 0 Å². The quantitative estimate of drug-likeness (QED) is 0.823. The minimum Gasteiger partial charge on any atom is -0.311 e. The Morgan fingerprint density at radius 1 is 1.21 bits per heavy atom. The number of amides is 1. The number of anilines is 1. The van der Waals surface area contributed by atoms with Crippen molar-refractivity contribution in [1.82, 2.24) is 4.31 Å². The van der Waals surface area contributed by atoms with E-state index in [0.717, 1.165) is 29.3 Å². The number of sulfonamides is 1. The maximum absolute atomic E-state index is 13.0. The molecule has 24 heavy (non-hydrogen) atoms. The average molecular weight is 369 g/mol. The zero-order chi connectivity index (χ0) is 17.2. The first kappa shape index (κ1) is 17.8. The summed E-state index contributed by atoms with van der Waals surface area (Å²) in [4.78, 5) is 16.1. The fourth-order valence-electron chi connectivity index (χ4n) is 3.34. The standard InChI is InChI=1S/C17H24N2O3S2/c1-2-24(21,22)18-11-8-14(9-12-18)17(20)19-10-5-13-23-16-7-4-3-6-15(16)19/h3-4,6-7,14H,2,5,8-13H2,1H3. The van der Waals surface area contributed by atoms with Crippen LogP contribution in [0, 0.1) is 5.92 Å². The summed E-state index contributed by atoms with van der Waals surface area (Å²) in [7, 11) is -3.14. The Labute approximate surface area is 148 Å². The number of benzene rings is 1. The van der Waals surface area contributed by atoms with Crippen LogP contribution in [-0.4, -0.2) is 49.8 Å². The molecule has 0 aromatic heterocycles. The Kier molecular flexibility index (Phi) is 5.52. The fourth-order valence-corrected chi connectivity index (χ4v) is 5.47. The minimum atomic E-state index is -3.14. The summed E-state index contributed by atoms with van der Waals surface area (Å²) in [6, 6.07) is 8.07. The van der Waals surface area contributed by atoms with Crippen molar-refractivity contribution in [2.24, 2.45) is 5.92 Å². The van der Waals surface area contributed by atoms with E-state index in [1.807, 2.05) is 23.1 Å². The second-order valence-electron chi connectivity index (χ2n) is 6.23. The van der Waals surface area contributed by atoms with Crippen molar-refractivity contribution >= 4 is 33.4 Å². The van der Waals surface area contributed by atoms with Gasteiger partial charge in [0, 0.05) is 30.4 Å². The van der Waals surface area contributed by atoms with Gasteiger partial charge in [0.25, 0.3) is 0 Å². The maximum atomic E-state index is 13.0. The largest absolute Gasteiger partial charge is 0.311 e. The van der Waals surface area contributed by atoms with E-state index in [-0.39, 0.29) is 17.6 Å². The van der Waals surface area contributed by atoms with Gasteiger partial charge in [-0.2, -0.15) is 0 Å². The van der Waals surface area contributed by atoms with Crippen molar-refractivity contribution < 1.29 is 13.2 Å². The van der Waals surface area contributed by atoms with E-state index < -0.39 is 10.0 Å². The van der Waals surface area contributed by atoms with Crippen LogP contribution in [0.5, 0.6) is 0 Å². The third-order valence-electron chi connectivity index (χ3n) is 4.77. The molecule has 0 atom stereocenters. The van der Waals surface area contributed by atoms with Crippen molar-refractivity contribution in [3.05, 3.63) is 24.3 Å². The van der Waals surface area contributed by atoms with Gasteiger partial charge in [-0.25, -0.2) is 12.7 Å². The van der Waals surface area contributed by atoms with Gasteiger partial charge < -0.3 is 4.90 Å². The molecule has 1 aromatic carbocycles. The molecule has 1 amide bonds. The molecular weight excluding hydrogens is 344 g/mol. The first-order chi connectivity index (χ1) is 11.5. The Hall–Kier alpha value is -1.05. The molecule has 0 saturated carbocycles. The number of hydrogen-bond donors (Lipinski definition) is 0. The Morgan fingerprint density at radius 3 is 2.62 bits per heavy atom. The van der Waals surface area contributed by atoms with Gasteiger partial charge in [0.2, 0.25) is 15.9 Å². The highest BCUT2D eigenvalue weighted by molar-refractivity contribution is 7.99. The lowest BCUT2D eigenvalue weighted by Crippen LogP contribution is -2.45. The topological polar surface area (TPSA) is 57.7 Å². The van der Waals surface area contributed by atoms with Crippen molar-refractivity contribution in [3.63, 3.8) is 0 Å². The van der Waals surface area contributed by atoms with Crippen molar-refractivity contribution in [2.45, 2.75) is 31.1 Å². The second kappa shape index (κ2) is 7.45. The molecule has 5 nitrogen and oxygen atoms in total.